The van der Waals surface area contributed by atoms with Crippen LogP contribution in [0.3, 0.4) is 0 Å². The molecule has 2 aliphatic rings. The lowest BCUT2D eigenvalue weighted by atomic mass is 10.1. The quantitative estimate of drug-likeness (QED) is 0.630. The number of hydrogen-bond donors (Lipinski definition) is 0. The highest BCUT2D eigenvalue weighted by molar-refractivity contribution is 5.59. The zero-order chi connectivity index (χ0) is 15.8. The van der Waals surface area contributed by atoms with Gasteiger partial charge in [-0.15, -0.1) is 0 Å². The smallest absolute Gasteiger partial charge is 0.237 e. The monoisotopic (exact) mass is 315 g/mol. The van der Waals surface area contributed by atoms with Gasteiger partial charge < -0.3 is 9.42 Å². The Kier molecular flexibility index (Phi) is 3.44. The SMILES string of the molecule is O=[N+]([O-])[C@@H]1C[C@@H]1c1nc(-c2ccnc(N3CCCCC3)c2)no1. The van der Waals surface area contributed by atoms with Gasteiger partial charge in [-0.25, -0.2) is 4.98 Å². The largest absolute Gasteiger partial charge is 0.357 e. The summed E-state index contributed by atoms with van der Waals surface area (Å²) in [4.78, 5) is 21.5. The van der Waals surface area contributed by atoms with Crippen LogP contribution < -0.4 is 4.90 Å². The lowest BCUT2D eigenvalue weighted by Crippen LogP contribution is -2.30. The number of pyridine rings is 1. The highest BCUT2D eigenvalue weighted by atomic mass is 16.6. The number of rotatable bonds is 4. The fourth-order valence-corrected chi connectivity index (χ4v) is 3.04. The molecular weight excluding hydrogens is 298 g/mol. The topological polar surface area (TPSA) is 98.2 Å². The van der Waals surface area contributed by atoms with Crippen molar-refractivity contribution in [1.29, 1.82) is 0 Å². The van der Waals surface area contributed by atoms with Crippen LogP contribution in [0.1, 0.15) is 37.5 Å². The Morgan fingerprint density at radius 3 is 2.87 bits per heavy atom. The normalized spacial score (nSPS) is 23.7. The molecule has 1 aliphatic carbocycles. The molecule has 120 valence electrons. The number of piperidine rings is 1. The van der Waals surface area contributed by atoms with Crippen molar-refractivity contribution in [2.45, 2.75) is 37.6 Å². The van der Waals surface area contributed by atoms with Gasteiger partial charge in [-0.2, -0.15) is 4.98 Å². The molecular formula is C15H17N5O3. The van der Waals surface area contributed by atoms with Gasteiger partial charge in [-0.05, 0) is 31.4 Å². The highest BCUT2D eigenvalue weighted by Gasteiger charge is 2.53. The van der Waals surface area contributed by atoms with E-state index < -0.39 is 6.04 Å². The third kappa shape index (κ3) is 2.76. The van der Waals surface area contributed by atoms with Crippen molar-refractivity contribution >= 4 is 5.82 Å². The van der Waals surface area contributed by atoms with Crippen LogP contribution in [0, 0.1) is 10.1 Å². The minimum Gasteiger partial charge on any atom is -0.357 e. The average molecular weight is 315 g/mol. The maximum atomic E-state index is 10.7. The number of anilines is 1. The average Bonchev–Trinajstić information content (AvgIpc) is 3.25. The van der Waals surface area contributed by atoms with Crippen LogP contribution in [0.15, 0.2) is 22.9 Å². The first kappa shape index (κ1) is 14.1. The molecule has 2 aromatic heterocycles. The molecule has 0 unspecified atom stereocenters. The van der Waals surface area contributed by atoms with Gasteiger partial charge in [0.25, 0.3) is 0 Å². The minimum atomic E-state index is -0.579. The summed E-state index contributed by atoms with van der Waals surface area (Å²) in [6.07, 6.45) is 5.85. The minimum absolute atomic E-state index is 0.241. The predicted molar refractivity (Wildman–Crippen MR) is 81.7 cm³/mol. The van der Waals surface area contributed by atoms with Gasteiger partial charge in [0.1, 0.15) is 11.7 Å². The van der Waals surface area contributed by atoms with Gasteiger partial charge in [0, 0.05) is 36.2 Å². The molecule has 2 aromatic rings. The molecule has 0 amide bonds. The second-order valence-corrected chi connectivity index (χ2v) is 6.10. The maximum absolute atomic E-state index is 10.7. The molecule has 3 heterocycles. The summed E-state index contributed by atoms with van der Waals surface area (Å²) in [6, 6.07) is 3.21. The molecule has 0 radical (unpaired) electrons. The van der Waals surface area contributed by atoms with Crippen LogP contribution in [0.5, 0.6) is 0 Å². The Hall–Kier alpha value is -2.51. The number of hydrogen-bond acceptors (Lipinski definition) is 7. The Morgan fingerprint density at radius 2 is 2.13 bits per heavy atom. The van der Waals surface area contributed by atoms with E-state index in [1.807, 2.05) is 12.1 Å². The van der Waals surface area contributed by atoms with E-state index in [0.717, 1.165) is 24.5 Å². The van der Waals surface area contributed by atoms with Crippen molar-refractivity contribution < 1.29 is 9.45 Å². The van der Waals surface area contributed by atoms with Crippen molar-refractivity contribution in [3.05, 3.63) is 34.3 Å². The highest BCUT2D eigenvalue weighted by Crippen LogP contribution is 2.42. The van der Waals surface area contributed by atoms with Crippen LogP contribution >= 0.6 is 0 Å². The lowest BCUT2D eigenvalue weighted by Gasteiger charge is -2.27. The van der Waals surface area contributed by atoms with E-state index in [2.05, 4.69) is 20.0 Å². The molecule has 1 aliphatic heterocycles. The van der Waals surface area contributed by atoms with Gasteiger partial charge in [-0.3, -0.25) is 10.1 Å². The molecule has 4 rings (SSSR count). The van der Waals surface area contributed by atoms with E-state index in [1.165, 1.54) is 19.3 Å². The Morgan fingerprint density at radius 1 is 1.30 bits per heavy atom. The van der Waals surface area contributed by atoms with E-state index in [0.29, 0.717) is 18.1 Å². The third-order valence-corrected chi connectivity index (χ3v) is 4.47. The van der Waals surface area contributed by atoms with Gasteiger partial charge >= 0.3 is 0 Å². The zero-order valence-electron chi connectivity index (χ0n) is 12.6. The Labute approximate surface area is 132 Å². The van der Waals surface area contributed by atoms with E-state index in [1.54, 1.807) is 6.20 Å². The fraction of sp³-hybridized carbons (Fsp3) is 0.533. The van der Waals surface area contributed by atoms with Crippen molar-refractivity contribution in [2.75, 3.05) is 18.0 Å². The second kappa shape index (κ2) is 5.60. The van der Waals surface area contributed by atoms with Crippen LogP contribution in [-0.2, 0) is 0 Å². The predicted octanol–water partition coefficient (Wildman–Crippen LogP) is 2.25. The third-order valence-electron chi connectivity index (χ3n) is 4.47. The lowest BCUT2D eigenvalue weighted by molar-refractivity contribution is -0.496. The summed E-state index contributed by atoms with van der Waals surface area (Å²) in [5.74, 6) is 1.51. The first-order valence-electron chi connectivity index (χ1n) is 7.91. The summed E-state index contributed by atoms with van der Waals surface area (Å²) in [6.45, 7) is 2.03. The molecule has 23 heavy (non-hydrogen) atoms. The molecule has 0 bridgehead atoms. The molecule has 0 aromatic carbocycles. The van der Waals surface area contributed by atoms with Gasteiger partial charge in [0.15, 0.2) is 0 Å². The van der Waals surface area contributed by atoms with Crippen LogP contribution in [0.4, 0.5) is 5.82 Å². The van der Waals surface area contributed by atoms with Crippen LogP contribution in [0.25, 0.3) is 11.4 Å². The number of nitrogens with zero attached hydrogens (tertiary/aromatic N) is 5. The summed E-state index contributed by atoms with van der Waals surface area (Å²) < 4.78 is 5.21. The Balaban J connectivity index is 1.54. The van der Waals surface area contributed by atoms with E-state index in [9.17, 15) is 10.1 Å². The summed E-state index contributed by atoms with van der Waals surface area (Å²) in [5.41, 5.74) is 0.828. The maximum Gasteiger partial charge on any atom is 0.237 e. The molecule has 8 heteroatoms. The van der Waals surface area contributed by atoms with E-state index in [4.69, 9.17) is 4.52 Å². The second-order valence-electron chi connectivity index (χ2n) is 6.10. The first-order chi connectivity index (χ1) is 11.2. The molecule has 8 nitrogen and oxygen atoms in total. The molecule has 2 atom stereocenters. The van der Waals surface area contributed by atoms with Crippen molar-refractivity contribution in [1.82, 2.24) is 15.1 Å². The molecule has 0 N–H and O–H groups in total. The molecule has 2 fully saturated rings. The van der Waals surface area contributed by atoms with Crippen LogP contribution in [-0.4, -0.2) is 39.2 Å². The van der Waals surface area contributed by atoms with Crippen molar-refractivity contribution in [3.63, 3.8) is 0 Å². The Bertz CT molecular complexity index is 725. The van der Waals surface area contributed by atoms with E-state index >= 15 is 0 Å². The number of aromatic nitrogens is 3. The van der Waals surface area contributed by atoms with Crippen LogP contribution in [0.2, 0.25) is 0 Å². The van der Waals surface area contributed by atoms with E-state index in [-0.39, 0.29) is 10.8 Å². The molecule has 1 saturated carbocycles. The van der Waals surface area contributed by atoms with Crippen molar-refractivity contribution in [3.8, 4) is 11.4 Å². The van der Waals surface area contributed by atoms with Gasteiger partial charge in [0.05, 0.1) is 0 Å². The summed E-state index contributed by atoms with van der Waals surface area (Å²) >= 11 is 0. The molecule has 0 spiro atoms. The van der Waals surface area contributed by atoms with Gasteiger partial charge in [0.2, 0.25) is 17.8 Å². The summed E-state index contributed by atoms with van der Waals surface area (Å²) in [5, 5.41) is 14.7. The standard InChI is InChI=1S/C15H17N5O3/c21-20(22)12-9-11(12)15-17-14(18-23-15)10-4-5-16-13(8-10)19-6-2-1-3-7-19/h4-5,8,11-12H,1-3,6-7,9H2/t11-,12+/m0/s1. The zero-order valence-corrected chi connectivity index (χ0v) is 12.6. The summed E-state index contributed by atoms with van der Waals surface area (Å²) in [7, 11) is 0. The van der Waals surface area contributed by atoms with Gasteiger partial charge in [-0.1, -0.05) is 5.16 Å². The number of nitro groups is 1. The van der Waals surface area contributed by atoms with Crippen molar-refractivity contribution in [2.24, 2.45) is 0 Å². The fourth-order valence-electron chi connectivity index (χ4n) is 3.04. The first-order valence-corrected chi connectivity index (χ1v) is 7.91. The molecule has 1 saturated heterocycles.